The Morgan fingerprint density at radius 3 is 2.15 bits per heavy atom. The predicted molar refractivity (Wildman–Crippen MR) is 115 cm³/mol. The second-order valence-electron chi connectivity index (χ2n) is 7.85. The summed E-state index contributed by atoms with van der Waals surface area (Å²) in [6, 6.07) is 24.2. The largest absolute Gasteiger partial charge is 0.310 e. The zero-order valence-electron chi connectivity index (χ0n) is 15.8. The van der Waals surface area contributed by atoms with Crippen LogP contribution in [0.3, 0.4) is 0 Å². The molecule has 0 saturated heterocycles. The monoisotopic (exact) mass is 405 g/mol. The van der Waals surface area contributed by atoms with Gasteiger partial charge in [0.05, 0.1) is 11.4 Å². The first-order valence-electron chi connectivity index (χ1n) is 9.20. The third-order valence-corrected chi connectivity index (χ3v) is 6.02. The Balaban J connectivity index is 2.08. The second kappa shape index (κ2) is 6.28. The molecule has 0 atom stereocenters. The number of hydrogen-bond acceptors (Lipinski definition) is 1. The molecule has 1 heterocycles. The van der Waals surface area contributed by atoms with Crippen molar-refractivity contribution in [2.24, 2.45) is 0 Å². The zero-order valence-corrected chi connectivity index (χ0v) is 17.3. The van der Waals surface area contributed by atoms with E-state index in [0.717, 1.165) is 4.47 Å². The number of halogens is 1. The van der Waals surface area contributed by atoms with E-state index < -0.39 is 0 Å². The smallest absolute Gasteiger partial charge is 0.0537 e. The van der Waals surface area contributed by atoms with Crippen LogP contribution in [0.2, 0.25) is 0 Å². The molecule has 0 aromatic heterocycles. The Labute approximate surface area is 164 Å². The van der Waals surface area contributed by atoms with Gasteiger partial charge in [-0.1, -0.05) is 80.0 Å². The molecule has 4 rings (SSSR count). The van der Waals surface area contributed by atoms with Crippen molar-refractivity contribution in [3.63, 3.8) is 0 Å². The van der Waals surface area contributed by atoms with Gasteiger partial charge in [-0.15, -0.1) is 0 Å². The van der Waals surface area contributed by atoms with Crippen molar-refractivity contribution in [3.8, 4) is 0 Å². The predicted octanol–water partition coefficient (Wildman–Crippen LogP) is 7.68. The summed E-state index contributed by atoms with van der Waals surface area (Å²) in [7, 11) is 0. The van der Waals surface area contributed by atoms with Gasteiger partial charge in [-0.3, -0.25) is 0 Å². The Bertz CT molecular complexity index is 954. The number of nitrogens with zero attached hydrogens (tertiary/aromatic N) is 1. The molecular formula is C24H24BrN. The first-order chi connectivity index (χ1) is 12.4. The van der Waals surface area contributed by atoms with Gasteiger partial charge in [-0.2, -0.15) is 0 Å². The van der Waals surface area contributed by atoms with Gasteiger partial charge in [0.15, 0.2) is 0 Å². The lowest BCUT2D eigenvalue weighted by Gasteiger charge is -2.43. The Morgan fingerprint density at radius 1 is 0.808 bits per heavy atom. The van der Waals surface area contributed by atoms with E-state index in [0.29, 0.717) is 5.92 Å². The molecule has 0 amide bonds. The average molecular weight is 406 g/mol. The van der Waals surface area contributed by atoms with Crippen LogP contribution in [0.4, 0.5) is 17.1 Å². The normalized spacial score (nSPS) is 14.9. The third kappa shape index (κ3) is 2.59. The van der Waals surface area contributed by atoms with Crippen molar-refractivity contribution in [2.45, 2.75) is 39.0 Å². The minimum Gasteiger partial charge on any atom is -0.310 e. The summed E-state index contributed by atoms with van der Waals surface area (Å²) in [4.78, 5) is 2.44. The third-order valence-electron chi connectivity index (χ3n) is 5.49. The first kappa shape index (κ1) is 17.4. The molecule has 3 aromatic rings. The van der Waals surface area contributed by atoms with Gasteiger partial charge in [-0.05, 0) is 52.9 Å². The topological polar surface area (TPSA) is 3.24 Å². The maximum atomic E-state index is 3.57. The Morgan fingerprint density at radius 2 is 1.46 bits per heavy atom. The number of rotatable bonds is 2. The molecule has 3 aromatic carbocycles. The van der Waals surface area contributed by atoms with E-state index in [9.17, 15) is 0 Å². The molecule has 0 spiro atoms. The van der Waals surface area contributed by atoms with E-state index in [1.165, 1.54) is 33.8 Å². The highest BCUT2D eigenvalue weighted by Gasteiger charge is 2.38. The summed E-state index contributed by atoms with van der Waals surface area (Å²) in [6.45, 7) is 9.24. The van der Waals surface area contributed by atoms with E-state index in [-0.39, 0.29) is 5.41 Å². The molecule has 0 unspecified atom stereocenters. The summed E-state index contributed by atoms with van der Waals surface area (Å²) in [6.07, 6.45) is 0. The molecule has 1 aliphatic heterocycles. The lowest BCUT2D eigenvalue weighted by Crippen LogP contribution is -2.31. The summed E-state index contributed by atoms with van der Waals surface area (Å²) >= 11 is 3.57. The molecule has 0 fully saturated rings. The van der Waals surface area contributed by atoms with Crippen molar-refractivity contribution >= 4 is 33.0 Å². The fourth-order valence-corrected chi connectivity index (χ4v) is 4.37. The van der Waals surface area contributed by atoms with Gasteiger partial charge >= 0.3 is 0 Å². The highest BCUT2D eigenvalue weighted by atomic mass is 79.9. The van der Waals surface area contributed by atoms with Gasteiger partial charge in [0, 0.05) is 15.6 Å². The highest BCUT2D eigenvalue weighted by Crippen LogP contribution is 2.53. The molecule has 26 heavy (non-hydrogen) atoms. The van der Waals surface area contributed by atoms with Crippen LogP contribution in [0.1, 0.15) is 50.3 Å². The maximum absolute atomic E-state index is 3.57. The standard InChI is InChI=1S/C24H24BrN/c1-16(2)19-8-7-10-21-23(19)26(18-14-12-17(25)13-15-18)22-11-6-5-9-20(22)24(21,3)4/h5-16H,1-4H3. The van der Waals surface area contributed by atoms with E-state index >= 15 is 0 Å². The van der Waals surface area contributed by atoms with Gasteiger partial charge < -0.3 is 4.90 Å². The molecule has 0 N–H and O–H groups in total. The van der Waals surface area contributed by atoms with Crippen LogP contribution in [0.25, 0.3) is 0 Å². The fraction of sp³-hybridized carbons (Fsp3) is 0.250. The van der Waals surface area contributed by atoms with E-state index in [2.05, 4.69) is 115 Å². The van der Waals surface area contributed by atoms with Crippen molar-refractivity contribution in [3.05, 3.63) is 87.9 Å². The zero-order chi connectivity index (χ0) is 18.5. The molecule has 0 bridgehead atoms. The van der Waals surface area contributed by atoms with Crippen LogP contribution >= 0.6 is 15.9 Å². The van der Waals surface area contributed by atoms with Crippen molar-refractivity contribution in [1.29, 1.82) is 0 Å². The minimum absolute atomic E-state index is 0.0251. The maximum Gasteiger partial charge on any atom is 0.0537 e. The van der Waals surface area contributed by atoms with Crippen LogP contribution in [-0.4, -0.2) is 0 Å². The molecule has 1 nitrogen and oxygen atoms in total. The molecule has 0 saturated carbocycles. The number of hydrogen-bond donors (Lipinski definition) is 0. The average Bonchev–Trinajstić information content (AvgIpc) is 2.63. The number of fused-ring (bicyclic) bond motifs is 2. The molecule has 0 aliphatic carbocycles. The second-order valence-corrected chi connectivity index (χ2v) is 8.77. The van der Waals surface area contributed by atoms with Crippen LogP contribution in [0, 0.1) is 0 Å². The highest BCUT2D eigenvalue weighted by molar-refractivity contribution is 9.10. The lowest BCUT2D eigenvalue weighted by molar-refractivity contribution is 0.629. The minimum atomic E-state index is -0.0251. The van der Waals surface area contributed by atoms with E-state index in [1.807, 2.05) is 0 Å². The van der Waals surface area contributed by atoms with Gasteiger partial charge in [0.25, 0.3) is 0 Å². The number of anilines is 3. The van der Waals surface area contributed by atoms with Crippen LogP contribution in [0.15, 0.2) is 71.2 Å². The van der Waals surface area contributed by atoms with Gasteiger partial charge in [0.2, 0.25) is 0 Å². The Kier molecular flexibility index (Phi) is 4.19. The van der Waals surface area contributed by atoms with Crippen LogP contribution in [-0.2, 0) is 5.41 Å². The summed E-state index contributed by atoms with van der Waals surface area (Å²) < 4.78 is 1.10. The quantitative estimate of drug-likeness (QED) is 0.422. The van der Waals surface area contributed by atoms with Crippen molar-refractivity contribution < 1.29 is 0 Å². The van der Waals surface area contributed by atoms with Crippen LogP contribution < -0.4 is 4.90 Å². The SMILES string of the molecule is CC(C)c1cccc2c1N(c1ccc(Br)cc1)c1ccccc1C2(C)C. The molecular weight excluding hydrogens is 382 g/mol. The molecule has 132 valence electrons. The van der Waals surface area contributed by atoms with Crippen molar-refractivity contribution in [1.82, 2.24) is 0 Å². The molecule has 1 aliphatic rings. The fourth-order valence-electron chi connectivity index (χ4n) is 4.10. The van der Waals surface area contributed by atoms with Crippen LogP contribution in [0.5, 0.6) is 0 Å². The van der Waals surface area contributed by atoms with Crippen molar-refractivity contribution in [2.75, 3.05) is 4.90 Å². The Hall–Kier alpha value is -2.06. The summed E-state index contributed by atoms with van der Waals surface area (Å²) in [5, 5.41) is 0. The number of benzene rings is 3. The lowest BCUT2D eigenvalue weighted by atomic mass is 9.72. The molecule has 2 heteroatoms. The number of para-hydroxylation sites is 2. The van der Waals surface area contributed by atoms with Gasteiger partial charge in [-0.25, -0.2) is 0 Å². The summed E-state index contributed by atoms with van der Waals surface area (Å²) in [5.41, 5.74) is 7.96. The summed E-state index contributed by atoms with van der Waals surface area (Å²) in [5.74, 6) is 0.462. The van der Waals surface area contributed by atoms with E-state index in [1.54, 1.807) is 0 Å². The molecule has 0 radical (unpaired) electrons. The van der Waals surface area contributed by atoms with Gasteiger partial charge in [0.1, 0.15) is 0 Å². The first-order valence-corrected chi connectivity index (χ1v) is 9.99. The van der Waals surface area contributed by atoms with E-state index in [4.69, 9.17) is 0 Å².